The van der Waals surface area contributed by atoms with Crippen LogP contribution in [0.2, 0.25) is 0 Å². The number of hydrogen-bond acceptors (Lipinski definition) is 5. The summed E-state index contributed by atoms with van der Waals surface area (Å²) in [5.74, 6) is 1.47. The molecule has 0 bridgehead atoms. The molecule has 2 amide bonds. The van der Waals surface area contributed by atoms with Crippen LogP contribution >= 0.6 is 11.3 Å². The van der Waals surface area contributed by atoms with Crippen LogP contribution in [0.3, 0.4) is 0 Å². The number of rotatable bonds is 6. The maximum absolute atomic E-state index is 12.2. The Bertz CT molecular complexity index is 934. The van der Waals surface area contributed by atoms with Crippen molar-refractivity contribution >= 4 is 23.2 Å². The highest BCUT2D eigenvalue weighted by Crippen LogP contribution is 2.22. The molecule has 27 heavy (non-hydrogen) atoms. The molecule has 0 unspecified atom stereocenters. The van der Waals surface area contributed by atoms with Crippen molar-refractivity contribution in [2.24, 2.45) is 0 Å². The molecular weight excluding hydrogens is 360 g/mol. The van der Waals surface area contributed by atoms with Crippen LogP contribution < -0.4 is 10.6 Å². The summed E-state index contributed by atoms with van der Waals surface area (Å²) in [7, 11) is 0. The number of anilines is 1. The van der Waals surface area contributed by atoms with Gasteiger partial charge in [0, 0.05) is 35.3 Å². The first kappa shape index (κ1) is 17.7. The molecule has 0 aliphatic heterocycles. The van der Waals surface area contributed by atoms with E-state index in [2.05, 4.69) is 31.8 Å². The van der Waals surface area contributed by atoms with Crippen molar-refractivity contribution in [3.05, 3.63) is 57.4 Å². The van der Waals surface area contributed by atoms with Crippen LogP contribution in [0.25, 0.3) is 0 Å². The smallest absolute Gasteiger partial charge is 0.320 e. The Labute approximate surface area is 161 Å². The van der Waals surface area contributed by atoms with Crippen molar-refractivity contribution in [1.82, 2.24) is 25.1 Å². The number of carbonyl (C=O) groups excluding carboxylic acids is 1. The van der Waals surface area contributed by atoms with Gasteiger partial charge in [0.05, 0.1) is 12.7 Å². The third kappa shape index (κ3) is 4.16. The second-order valence-electron chi connectivity index (χ2n) is 6.59. The summed E-state index contributed by atoms with van der Waals surface area (Å²) >= 11 is 1.67. The average molecular weight is 382 g/mol. The molecule has 0 atom stereocenters. The SMILES string of the molecule is Cc1nc(CCNC(=O)Nc2ccnn2Cc2cccs2)nc2c1CCC2. The highest BCUT2D eigenvalue weighted by atomic mass is 32.1. The van der Waals surface area contributed by atoms with E-state index in [1.54, 1.807) is 28.3 Å². The lowest BCUT2D eigenvalue weighted by atomic mass is 10.2. The second-order valence-corrected chi connectivity index (χ2v) is 7.62. The molecule has 0 saturated heterocycles. The molecule has 3 aromatic heterocycles. The number of urea groups is 1. The van der Waals surface area contributed by atoms with E-state index in [-0.39, 0.29) is 6.03 Å². The lowest BCUT2D eigenvalue weighted by Gasteiger charge is -2.10. The van der Waals surface area contributed by atoms with E-state index in [0.717, 1.165) is 30.8 Å². The van der Waals surface area contributed by atoms with E-state index in [4.69, 9.17) is 0 Å². The molecule has 4 rings (SSSR count). The summed E-state index contributed by atoms with van der Waals surface area (Å²) in [4.78, 5) is 22.6. The van der Waals surface area contributed by atoms with Gasteiger partial charge in [-0.2, -0.15) is 5.10 Å². The molecule has 2 N–H and O–H groups in total. The van der Waals surface area contributed by atoms with E-state index in [0.29, 0.717) is 25.3 Å². The lowest BCUT2D eigenvalue weighted by molar-refractivity contribution is 0.252. The molecule has 0 spiro atoms. The van der Waals surface area contributed by atoms with Gasteiger partial charge >= 0.3 is 6.03 Å². The van der Waals surface area contributed by atoms with Crippen molar-refractivity contribution in [2.45, 2.75) is 39.2 Å². The van der Waals surface area contributed by atoms with Crippen LogP contribution in [0.15, 0.2) is 29.8 Å². The van der Waals surface area contributed by atoms with Gasteiger partial charge in [0.25, 0.3) is 0 Å². The zero-order valence-electron chi connectivity index (χ0n) is 15.2. The topological polar surface area (TPSA) is 84.7 Å². The number of fused-ring (bicyclic) bond motifs is 1. The molecule has 3 aromatic rings. The maximum Gasteiger partial charge on any atom is 0.320 e. The zero-order chi connectivity index (χ0) is 18.6. The molecule has 1 aliphatic carbocycles. The fourth-order valence-corrected chi connectivity index (χ4v) is 4.04. The van der Waals surface area contributed by atoms with E-state index in [1.165, 1.54) is 16.1 Å². The minimum Gasteiger partial charge on any atom is -0.337 e. The standard InChI is InChI=1S/C19H22N6OS/c1-13-15-5-2-6-16(15)23-17(22-13)7-9-20-19(26)24-18-8-10-21-25(18)12-14-4-3-11-27-14/h3-4,8,10-11H,2,5-7,9,12H2,1H3,(H2,20,24,26). The number of aromatic nitrogens is 4. The molecule has 0 radical (unpaired) electrons. The van der Waals surface area contributed by atoms with Crippen molar-refractivity contribution < 1.29 is 4.79 Å². The normalized spacial score (nSPS) is 12.8. The van der Waals surface area contributed by atoms with Crippen LogP contribution in [0.1, 0.15) is 34.1 Å². The predicted molar refractivity (Wildman–Crippen MR) is 105 cm³/mol. The van der Waals surface area contributed by atoms with Crippen molar-refractivity contribution in [3.8, 4) is 0 Å². The molecule has 1 aliphatic rings. The van der Waals surface area contributed by atoms with E-state index < -0.39 is 0 Å². The molecule has 0 aromatic carbocycles. The minimum absolute atomic E-state index is 0.249. The summed E-state index contributed by atoms with van der Waals surface area (Å²) in [6.45, 7) is 3.18. The largest absolute Gasteiger partial charge is 0.337 e. The first-order valence-electron chi connectivity index (χ1n) is 9.13. The fourth-order valence-electron chi connectivity index (χ4n) is 3.36. The Kier molecular flexibility index (Phi) is 5.15. The van der Waals surface area contributed by atoms with Crippen LogP contribution in [-0.4, -0.2) is 32.3 Å². The van der Waals surface area contributed by atoms with Gasteiger partial charge in [-0.05, 0) is 43.2 Å². The van der Waals surface area contributed by atoms with Crippen molar-refractivity contribution in [1.29, 1.82) is 0 Å². The van der Waals surface area contributed by atoms with Crippen LogP contribution in [0.4, 0.5) is 10.6 Å². The summed E-state index contributed by atoms with van der Waals surface area (Å²) in [6, 6.07) is 5.60. The summed E-state index contributed by atoms with van der Waals surface area (Å²) in [5, 5.41) is 12.0. The third-order valence-corrected chi connectivity index (χ3v) is 5.53. The van der Waals surface area contributed by atoms with Crippen LogP contribution in [0.5, 0.6) is 0 Å². The van der Waals surface area contributed by atoms with Gasteiger partial charge in [-0.1, -0.05) is 6.07 Å². The summed E-state index contributed by atoms with van der Waals surface area (Å²) < 4.78 is 1.78. The quantitative estimate of drug-likeness (QED) is 0.686. The Morgan fingerprint density at radius 1 is 1.30 bits per heavy atom. The van der Waals surface area contributed by atoms with Gasteiger partial charge < -0.3 is 5.32 Å². The number of nitrogens with zero attached hydrogens (tertiary/aromatic N) is 4. The van der Waals surface area contributed by atoms with Gasteiger partial charge in [0.15, 0.2) is 0 Å². The third-order valence-electron chi connectivity index (χ3n) is 4.66. The molecule has 0 fully saturated rings. The molecule has 0 saturated carbocycles. The Balaban J connectivity index is 1.29. The fraction of sp³-hybridized carbons (Fsp3) is 0.368. The number of thiophene rings is 1. The highest BCUT2D eigenvalue weighted by Gasteiger charge is 2.17. The number of amides is 2. The number of aryl methyl sites for hydroxylation is 2. The first-order valence-corrected chi connectivity index (χ1v) is 10.0. The zero-order valence-corrected chi connectivity index (χ0v) is 16.1. The first-order chi connectivity index (χ1) is 13.2. The van der Waals surface area contributed by atoms with Gasteiger partial charge in [0.1, 0.15) is 11.6 Å². The molecular formula is C19H22N6OS. The molecule has 3 heterocycles. The second kappa shape index (κ2) is 7.87. The van der Waals surface area contributed by atoms with Crippen LogP contribution in [-0.2, 0) is 25.8 Å². The van der Waals surface area contributed by atoms with E-state index in [1.807, 2.05) is 18.4 Å². The van der Waals surface area contributed by atoms with Gasteiger partial charge in [-0.25, -0.2) is 19.4 Å². The van der Waals surface area contributed by atoms with Gasteiger partial charge in [0.2, 0.25) is 0 Å². The van der Waals surface area contributed by atoms with E-state index in [9.17, 15) is 4.79 Å². The highest BCUT2D eigenvalue weighted by molar-refractivity contribution is 7.09. The molecule has 7 nitrogen and oxygen atoms in total. The molecule has 8 heteroatoms. The van der Waals surface area contributed by atoms with Crippen molar-refractivity contribution in [2.75, 3.05) is 11.9 Å². The average Bonchev–Trinajstić information content (AvgIpc) is 3.38. The van der Waals surface area contributed by atoms with Crippen LogP contribution in [0, 0.1) is 6.92 Å². The van der Waals surface area contributed by atoms with Gasteiger partial charge in [-0.15, -0.1) is 11.3 Å². The summed E-state index contributed by atoms with van der Waals surface area (Å²) in [6.07, 6.45) is 5.59. The summed E-state index contributed by atoms with van der Waals surface area (Å²) in [5.41, 5.74) is 3.57. The minimum atomic E-state index is -0.249. The Hall–Kier alpha value is -2.74. The maximum atomic E-state index is 12.2. The van der Waals surface area contributed by atoms with Crippen molar-refractivity contribution in [3.63, 3.8) is 0 Å². The monoisotopic (exact) mass is 382 g/mol. The number of hydrogen-bond donors (Lipinski definition) is 2. The number of carbonyl (C=O) groups is 1. The van der Waals surface area contributed by atoms with E-state index >= 15 is 0 Å². The Morgan fingerprint density at radius 3 is 3.07 bits per heavy atom. The lowest BCUT2D eigenvalue weighted by Crippen LogP contribution is -2.31. The molecule has 140 valence electrons. The Morgan fingerprint density at radius 2 is 2.22 bits per heavy atom. The number of nitrogens with one attached hydrogen (secondary N) is 2. The predicted octanol–water partition coefficient (Wildman–Crippen LogP) is 2.94. The van der Waals surface area contributed by atoms with Gasteiger partial charge in [-0.3, -0.25) is 5.32 Å².